The highest BCUT2D eigenvalue weighted by atomic mass is 28.2. The third kappa shape index (κ3) is 9.15. The molecule has 0 unspecified atom stereocenters. The van der Waals surface area contributed by atoms with E-state index in [2.05, 4.69) is 0 Å². The summed E-state index contributed by atoms with van der Waals surface area (Å²) in [6.45, 7) is 4.41. The summed E-state index contributed by atoms with van der Waals surface area (Å²) in [5.74, 6) is -1.55. The summed E-state index contributed by atoms with van der Waals surface area (Å²) in [7, 11) is 0.373. The maximum Gasteiger partial charge on any atom is 0.261 e. The SMILES string of the molecule is CCOC(OCC)O[Si]CCCCCCc1ccc(F)c(F)c1. The van der Waals surface area contributed by atoms with E-state index in [0.717, 1.165) is 43.7 Å². The van der Waals surface area contributed by atoms with Crippen molar-refractivity contribution in [3.63, 3.8) is 0 Å². The van der Waals surface area contributed by atoms with E-state index in [4.69, 9.17) is 13.9 Å². The number of halogens is 2. The zero-order valence-electron chi connectivity index (χ0n) is 13.9. The zero-order chi connectivity index (χ0) is 16.9. The minimum Gasteiger partial charge on any atom is -0.372 e. The van der Waals surface area contributed by atoms with Crippen molar-refractivity contribution in [1.82, 2.24) is 0 Å². The fraction of sp³-hybridized carbons (Fsp3) is 0.647. The first-order valence-corrected chi connectivity index (χ1v) is 9.34. The number of hydrogen-bond donors (Lipinski definition) is 0. The van der Waals surface area contributed by atoms with Gasteiger partial charge >= 0.3 is 0 Å². The van der Waals surface area contributed by atoms with Crippen LogP contribution < -0.4 is 0 Å². The van der Waals surface area contributed by atoms with E-state index in [1.165, 1.54) is 12.1 Å². The highest BCUT2D eigenvalue weighted by molar-refractivity contribution is 6.27. The largest absolute Gasteiger partial charge is 0.372 e. The smallest absolute Gasteiger partial charge is 0.261 e. The van der Waals surface area contributed by atoms with Gasteiger partial charge in [0.25, 0.3) is 6.48 Å². The van der Waals surface area contributed by atoms with Crippen LogP contribution in [0.4, 0.5) is 8.78 Å². The van der Waals surface area contributed by atoms with Gasteiger partial charge < -0.3 is 13.9 Å². The van der Waals surface area contributed by atoms with E-state index in [0.29, 0.717) is 23.0 Å². The van der Waals surface area contributed by atoms with Gasteiger partial charge in [0, 0.05) is 13.2 Å². The lowest BCUT2D eigenvalue weighted by molar-refractivity contribution is -0.243. The number of ether oxygens (including phenoxy) is 2. The molecule has 0 spiro atoms. The molecule has 0 aliphatic rings. The third-order valence-electron chi connectivity index (χ3n) is 3.26. The van der Waals surface area contributed by atoms with Gasteiger partial charge in [0.2, 0.25) is 9.76 Å². The minimum atomic E-state index is -0.785. The Balaban J connectivity index is 2.01. The Labute approximate surface area is 140 Å². The lowest BCUT2D eigenvalue weighted by Crippen LogP contribution is -2.22. The van der Waals surface area contributed by atoms with E-state index in [-0.39, 0.29) is 0 Å². The van der Waals surface area contributed by atoms with Gasteiger partial charge in [-0.25, -0.2) is 8.78 Å². The number of rotatable bonds is 13. The molecule has 0 amide bonds. The predicted molar refractivity (Wildman–Crippen MR) is 87.2 cm³/mol. The molecule has 0 fully saturated rings. The van der Waals surface area contributed by atoms with Gasteiger partial charge in [-0.3, -0.25) is 0 Å². The second kappa shape index (κ2) is 12.6. The Bertz CT molecular complexity index is 426. The molecule has 0 saturated heterocycles. The second-order valence-corrected chi connectivity index (χ2v) is 6.15. The highest BCUT2D eigenvalue weighted by Gasteiger charge is 2.07. The summed E-state index contributed by atoms with van der Waals surface area (Å²) in [4.78, 5) is 0. The predicted octanol–water partition coefficient (Wildman–Crippen LogP) is 4.48. The van der Waals surface area contributed by atoms with E-state index < -0.39 is 18.1 Å². The molecular weight excluding hydrogens is 318 g/mol. The van der Waals surface area contributed by atoms with Crippen LogP contribution in [0.3, 0.4) is 0 Å². The van der Waals surface area contributed by atoms with Crippen LogP contribution in [0.5, 0.6) is 0 Å². The van der Waals surface area contributed by atoms with Crippen molar-refractivity contribution in [1.29, 1.82) is 0 Å². The molecule has 0 N–H and O–H groups in total. The fourth-order valence-electron chi connectivity index (χ4n) is 2.09. The van der Waals surface area contributed by atoms with Crippen molar-refractivity contribution in [3.8, 4) is 0 Å². The van der Waals surface area contributed by atoms with Crippen LogP contribution in [0.2, 0.25) is 6.04 Å². The van der Waals surface area contributed by atoms with Crippen LogP contribution in [0.15, 0.2) is 18.2 Å². The van der Waals surface area contributed by atoms with Gasteiger partial charge in [-0.1, -0.05) is 25.3 Å². The number of unbranched alkanes of at least 4 members (excludes halogenated alkanes) is 3. The molecule has 0 atom stereocenters. The Morgan fingerprint density at radius 2 is 1.65 bits per heavy atom. The van der Waals surface area contributed by atoms with Crippen molar-refractivity contribution in [2.45, 2.75) is 58.5 Å². The molecule has 3 nitrogen and oxygen atoms in total. The molecule has 6 heteroatoms. The van der Waals surface area contributed by atoms with Gasteiger partial charge in [-0.05, 0) is 50.4 Å². The van der Waals surface area contributed by atoms with Gasteiger partial charge in [0.05, 0.1) is 0 Å². The van der Waals surface area contributed by atoms with E-state index in [1.807, 2.05) is 13.8 Å². The van der Waals surface area contributed by atoms with Crippen molar-refractivity contribution in [2.75, 3.05) is 13.2 Å². The molecule has 0 bridgehead atoms. The summed E-state index contributed by atoms with van der Waals surface area (Å²) in [6, 6.07) is 5.11. The van der Waals surface area contributed by atoms with Crippen LogP contribution in [0, 0.1) is 11.6 Å². The van der Waals surface area contributed by atoms with E-state index in [9.17, 15) is 8.78 Å². The molecule has 1 aromatic rings. The van der Waals surface area contributed by atoms with Gasteiger partial charge in [-0.2, -0.15) is 0 Å². The first kappa shape index (κ1) is 20.2. The standard InChI is InChI=1S/C17H26F2O3Si/c1-3-20-17(21-4-2)22-23-12-8-6-5-7-9-14-10-11-15(18)16(19)13-14/h10-11,13,17H,3-9,12H2,1-2H3. The average molecular weight is 344 g/mol. The molecule has 1 rings (SSSR count). The topological polar surface area (TPSA) is 27.7 Å². The van der Waals surface area contributed by atoms with Crippen molar-refractivity contribution >= 4 is 9.76 Å². The number of aryl methyl sites for hydroxylation is 1. The molecule has 0 saturated carbocycles. The maximum atomic E-state index is 13.1. The number of hydrogen-bond acceptors (Lipinski definition) is 3. The molecule has 1 aromatic carbocycles. The summed E-state index contributed by atoms with van der Waals surface area (Å²) < 4.78 is 42.0. The van der Waals surface area contributed by atoms with E-state index >= 15 is 0 Å². The molecule has 0 aromatic heterocycles. The van der Waals surface area contributed by atoms with Crippen molar-refractivity contribution in [2.24, 2.45) is 0 Å². The first-order chi connectivity index (χ1) is 11.2. The molecule has 0 aliphatic carbocycles. The van der Waals surface area contributed by atoms with Gasteiger partial charge in [-0.15, -0.1) is 0 Å². The first-order valence-electron chi connectivity index (χ1n) is 8.23. The second-order valence-electron chi connectivity index (χ2n) is 5.12. The molecule has 23 heavy (non-hydrogen) atoms. The Morgan fingerprint density at radius 3 is 2.30 bits per heavy atom. The van der Waals surface area contributed by atoms with Gasteiger partial charge in [0.1, 0.15) is 0 Å². The normalized spacial score (nSPS) is 11.3. The van der Waals surface area contributed by atoms with Crippen LogP contribution >= 0.6 is 0 Å². The van der Waals surface area contributed by atoms with Crippen LogP contribution in [0.25, 0.3) is 0 Å². The van der Waals surface area contributed by atoms with Crippen LogP contribution in [0.1, 0.15) is 45.1 Å². The lowest BCUT2D eigenvalue weighted by atomic mass is 10.1. The third-order valence-corrected chi connectivity index (χ3v) is 4.18. The average Bonchev–Trinajstić information content (AvgIpc) is 2.53. The van der Waals surface area contributed by atoms with Crippen LogP contribution in [-0.2, 0) is 20.3 Å². The summed E-state index contributed by atoms with van der Waals surface area (Å²) in [5.41, 5.74) is 0.852. The molecular formula is C17H26F2O3Si. The Hall–Kier alpha value is -0.823. The molecule has 130 valence electrons. The zero-order valence-corrected chi connectivity index (χ0v) is 14.9. The lowest BCUT2D eigenvalue weighted by Gasteiger charge is -2.16. The maximum absolute atomic E-state index is 13.1. The number of benzene rings is 1. The van der Waals surface area contributed by atoms with Crippen molar-refractivity contribution in [3.05, 3.63) is 35.4 Å². The molecule has 0 aliphatic heterocycles. The van der Waals surface area contributed by atoms with E-state index in [1.54, 1.807) is 6.07 Å². The summed E-state index contributed by atoms with van der Waals surface area (Å²) >= 11 is 0. The van der Waals surface area contributed by atoms with Gasteiger partial charge in [0.15, 0.2) is 11.6 Å². The van der Waals surface area contributed by atoms with Crippen molar-refractivity contribution < 1.29 is 22.7 Å². The minimum absolute atomic E-state index is 0.373. The Morgan fingerprint density at radius 1 is 0.957 bits per heavy atom. The summed E-state index contributed by atoms with van der Waals surface area (Å²) in [6.07, 6.45) is 5.03. The monoisotopic (exact) mass is 344 g/mol. The molecule has 0 heterocycles. The highest BCUT2D eigenvalue weighted by Crippen LogP contribution is 2.13. The Kier molecular flexibility index (Phi) is 11.1. The quantitative estimate of drug-likeness (QED) is 0.300. The fourth-order valence-corrected chi connectivity index (χ4v) is 2.87. The van der Waals surface area contributed by atoms with Crippen LogP contribution in [-0.4, -0.2) is 29.5 Å². The summed E-state index contributed by atoms with van der Waals surface area (Å²) in [5, 5.41) is 0. The molecule has 2 radical (unpaired) electrons.